The first-order valence-electron chi connectivity index (χ1n) is 4.57. The first-order valence-corrected chi connectivity index (χ1v) is 4.57. The zero-order valence-electron chi connectivity index (χ0n) is 8.30. The summed E-state index contributed by atoms with van der Waals surface area (Å²) in [6, 6.07) is 0.291. The Kier molecular flexibility index (Phi) is 2.23. The molecule has 1 saturated carbocycles. The minimum atomic E-state index is -0.232. The van der Waals surface area contributed by atoms with Crippen LogP contribution in [0, 0.1) is 5.41 Å². The second-order valence-electron chi connectivity index (χ2n) is 4.95. The van der Waals surface area contributed by atoms with Gasteiger partial charge in [0, 0.05) is 17.6 Å². The van der Waals surface area contributed by atoms with Crippen molar-refractivity contribution in [3.63, 3.8) is 0 Å². The van der Waals surface area contributed by atoms with Crippen LogP contribution in [-0.2, 0) is 0 Å². The third kappa shape index (κ3) is 1.37. The second kappa shape index (κ2) is 2.69. The van der Waals surface area contributed by atoms with Gasteiger partial charge in [0.2, 0.25) is 0 Å². The minimum Gasteiger partial charge on any atom is -0.328 e. The Hall–Kier alpha value is -0.120. The molecule has 1 aliphatic rings. The summed E-state index contributed by atoms with van der Waals surface area (Å²) in [5.74, 6) is 0. The predicted octanol–water partition coefficient (Wildman–Crippen LogP) is 0.178. The van der Waals surface area contributed by atoms with E-state index in [0.29, 0.717) is 0 Å². The highest BCUT2D eigenvalue weighted by Gasteiger charge is 2.47. The van der Waals surface area contributed by atoms with E-state index in [4.69, 9.17) is 17.2 Å². The Labute approximate surface area is 74.7 Å². The van der Waals surface area contributed by atoms with Gasteiger partial charge in [-0.25, -0.2) is 0 Å². The maximum absolute atomic E-state index is 6.18. The molecule has 12 heavy (non-hydrogen) atoms. The molecule has 1 rings (SSSR count). The largest absolute Gasteiger partial charge is 0.328 e. The Bertz CT molecular complexity index is 175. The molecule has 0 aromatic rings. The molecule has 0 aliphatic heterocycles. The van der Waals surface area contributed by atoms with Crippen molar-refractivity contribution in [3.8, 4) is 0 Å². The lowest BCUT2D eigenvalue weighted by molar-refractivity contribution is 0.0778. The SMILES string of the molecule is CC1(N)CC(N)CC(N)C1(C)C. The highest BCUT2D eigenvalue weighted by Crippen LogP contribution is 2.40. The normalized spacial score (nSPS) is 47.5. The van der Waals surface area contributed by atoms with Crippen molar-refractivity contribution in [2.24, 2.45) is 22.6 Å². The molecular formula is C9H21N3. The zero-order valence-corrected chi connectivity index (χ0v) is 8.30. The summed E-state index contributed by atoms with van der Waals surface area (Å²) in [5, 5.41) is 0. The third-order valence-electron chi connectivity index (χ3n) is 3.64. The Morgan fingerprint density at radius 1 is 1.17 bits per heavy atom. The van der Waals surface area contributed by atoms with Gasteiger partial charge in [-0.15, -0.1) is 0 Å². The molecule has 1 aliphatic carbocycles. The second-order valence-corrected chi connectivity index (χ2v) is 4.95. The highest BCUT2D eigenvalue weighted by molar-refractivity contribution is 5.06. The van der Waals surface area contributed by atoms with Crippen LogP contribution < -0.4 is 17.2 Å². The van der Waals surface area contributed by atoms with E-state index in [9.17, 15) is 0 Å². The lowest BCUT2D eigenvalue weighted by atomic mass is 9.61. The van der Waals surface area contributed by atoms with E-state index >= 15 is 0 Å². The van der Waals surface area contributed by atoms with Gasteiger partial charge in [-0.1, -0.05) is 13.8 Å². The van der Waals surface area contributed by atoms with Gasteiger partial charge >= 0.3 is 0 Å². The molecule has 72 valence electrons. The van der Waals surface area contributed by atoms with Gasteiger partial charge in [0.05, 0.1) is 0 Å². The van der Waals surface area contributed by atoms with Crippen LogP contribution in [0.3, 0.4) is 0 Å². The number of rotatable bonds is 0. The Balaban J connectivity index is 2.86. The van der Waals surface area contributed by atoms with Crippen molar-refractivity contribution in [2.45, 2.75) is 51.2 Å². The average molecular weight is 171 g/mol. The van der Waals surface area contributed by atoms with Crippen molar-refractivity contribution in [2.75, 3.05) is 0 Å². The predicted molar refractivity (Wildman–Crippen MR) is 51.6 cm³/mol. The number of hydrogen-bond donors (Lipinski definition) is 3. The monoisotopic (exact) mass is 171 g/mol. The molecule has 0 aromatic heterocycles. The van der Waals surface area contributed by atoms with Crippen LogP contribution in [0.5, 0.6) is 0 Å². The summed E-state index contributed by atoms with van der Waals surface area (Å²) in [4.78, 5) is 0. The molecule has 6 N–H and O–H groups in total. The molecule has 3 unspecified atom stereocenters. The molecule has 0 bridgehead atoms. The van der Waals surface area contributed by atoms with E-state index in [1.54, 1.807) is 0 Å². The molecule has 0 saturated heterocycles. The van der Waals surface area contributed by atoms with E-state index in [1.165, 1.54) is 0 Å². The van der Waals surface area contributed by atoms with Crippen LogP contribution in [0.25, 0.3) is 0 Å². The fourth-order valence-electron chi connectivity index (χ4n) is 1.94. The van der Waals surface area contributed by atoms with Gasteiger partial charge < -0.3 is 17.2 Å². The fourth-order valence-corrected chi connectivity index (χ4v) is 1.94. The van der Waals surface area contributed by atoms with Crippen LogP contribution in [0.1, 0.15) is 33.6 Å². The van der Waals surface area contributed by atoms with E-state index in [0.717, 1.165) is 12.8 Å². The molecular weight excluding hydrogens is 150 g/mol. The Morgan fingerprint density at radius 3 is 2.08 bits per heavy atom. The summed E-state index contributed by atoms with van der Waals surface area (Å²) in [6.07, 6.45) is 1.76. The van der Waals surface area contributed by atoms with Crippen LogP contribution in [0.4, 0.5) is 0 Å². The quantitative estimate of drug-likeness (QED) is 0.486. The maximum Gasteiger partial charge on any atom is 0.0207 e. The standard InChI is InChI=1S/C9H21N3/c1-8(2)7(11)4-6(10)5-9(8,3)12/h6-7H,4-5,10-12H2,1-3H3. The summed E-state index contributed by atoms with van der Waals surface area (Å²) < 4.78 is 0. The van der Waals surface area contributed by atoms with E-state index in [1.807, 2.05) is 6.92 Å². The van der Waals surface area contributed by atoms with Crippen molar-refractivity contribution >= 4 is 0 Å². The molecule has 3 nitrogen and oxygen atoms in total. The zero-order chi connectivity index (χ0) is 9.57. The van der Waals surface area contributed by atoms with Crippen LogP contribution in [0.2, 0.25) is 0 Å². The van der Waals surface area contributed by atoms with Gasteiger partial charge in [-0.3, -0.25) is 0 Å². The van der Waals surface area contributed by atoms with E-state index in [2.05, 4.69) is 13.8 Å². The van der Waals surface area contributed by atoms with Gasteiger partial charge in [-0.05, 0) is 25.2 Å². The van der Waals surface area contributed by atoms with Gasteiger partial charge in [0.25, 0.3) is 0 Å². The number of hydrogen-bond acceptors (Lipinski definition) is 3. The molecule has 3 heteroatoms. The van der Waals surface area contributed by atoms with Crippen molar-refractivity contribution in [1.29, 1.82) is 0 Å². The van der Waals surface area contributed by atoms with Gasteiger partial charge in [0.1, 0.15) is 0 Å². The Morgan fingerprint density at radius 2 is 1.67 bits per heavy atom. The summed E-state index contributed by atoms with van der Waals surface area (Å²) in [5.41, 5.74) is 17.8. The summed E-state index contributed by atoms with van der Waals surface area (Å²) >= 11 is 0. The lowest BCUT2D eigenvalue weighted by Crippen LogP contribution is -2.65. The van der Waals surface area contributed by atoms with Crippen molar-refractivity contribution < 1.29 is 0 Å². The number of nitrogens with two attached hydrogens (primary N) is 3. The van der Waals surface area contributed by atoms with Crippen molar-refractivity contribution in [3.05, 3.63) is 0 Å². The smallest absolute Gasteiger partial charge is 0.0207 e. The molecule has 0 aromatic carbocycles. The summed E-state index contributed by atoms with van der Waals surface area (Å²) in [6.45, 7) is 6.30. The molecule has 0 heterocycles. The minimum absolute atomic E-state index is 0.0110. The van der Waals surface area contributed by atoms with Gasteiger partial charge in [-0.2, -0.15) is 0 Å². The lowest BCUT2D eigenvalue weighted by Gasteiger charge is -2.51. The van der Waals surface area contributed by atoms with Crippen LogP contribution >= 0.6 is 0 Å². The fraction of sp³-hybridized carbons (Fsp3) is 1.00. The van der Waals surface area contributed by atoms with Crippen molar-refractivity contribution in [1.82, 2.24) is 0 Å². The maximum atomic E-state index is 6.18. The van der Waals surface area contributed by atoms with Crippen LogP contribution in [0.15, 0.2) is 0 Å². The van der Waals surface area contributed by atoms with Crippen LogP contribution in [-0.4, -0.2) is 17.6 Å². The van der Waals surface area contributed by atoms with E-state index in [-0.39, 0.29) is 23.0 Å². The summed E-state index contributed by atoms with van der Waals surface area (Å²) in [7, 11) is 0. The van der Waals surface area contributed by atoms with E-state index < -0.39 is 0 Å². The molecule has 1 fully saturated rings. The topological polar surface area (TPSA) is 78.1 Å². The average Bonchev–Trinajstić information content (AvgIpc) is 1.82. The molecule has 0 amide bonds. The molecule has 3 atom stereocenters. The first kappa shape index (κ1) is 9.96. The van der Waals surface area contributed by atoms with Gasteiger partial charge in [0.15, 0.2) is 0 Å². The molecule has 0 radical (unpaired) electrons. The first-order chi connectivity index (χ1) is 5.27. The molecule has 0 spiro atoms. The highest BCUT2D eigenvalue weighted by atomic mass is 14.9. The third-order valence-corrected chi connectivity index (χ3v) is 3.64.